The van der Waals surface area contributed by atoms with Gasteiger partial charge >= 0.3 is 0 Å². The van der Waals surface area contributed by atoms with E-state index < -0.39 is 11.6 Å². The summed E-state index contributed by atoms with van der Waals surface area (Å²) in [5, 5.41) is 12.3. The number of fused-ring (bicyclic) bond motifs is 6. The Bertz CT molecular complexity index is 2240. The molecule has 10 nitrogen and oxygen atoms in total. The number of hydrogen-bond acceptors (Lipinski definition) is 8. The van der Waals surface area contributed by atoms with E-state index in [1.165, 1.54) is 36.8 Å². The molecule has 64 heavy (non-hydrogen) atoms. The number of azo groups is 1. The van der Waals surface area contributed by atoms with Crippen molar-refractivity contribution in [3.05, 3.63) is 137 Å². The Kier molecular flexibility index (Phi) is 16.1. The maximum atomic E-state index is 14.9. The highest BCUT2D eigenvalue weighted by Crippen LogP contribution is 2.59. The van der Waals surface area contributed by atoms with E-state index in [9.17, 15) is 4.79 Å². The number of amides is 1. The molecule has 7 rings (SSSR count). The fourth-order valence-electron chi connectivity index (χ4n) is 9.59. The summed E-state index contributed by atoms with van der Waals surface area (Å²) < 4.78 is 12.9. The molecule has 0 saturated carbocycles. The number of carbonyl (C=O) groups excluding carboxylic acids is 1. The normalized spacial score (nSPS) is 14.2. The minimum Gasteiger partial charge on any atom is -0.494 e. The SMILES string of the molecule is CCCCCCCOc1ccc(N=Nc2ccc(CNC(=O)[C@H](CCCC[NH3+])N3Cc4ccccc4C34c3ccc(N(CC)CC)cc3Oc3cc(N(CC)CC)ccc34)cc2)cc1. The predicted molar refractivity (Wildman–Crippen MR) is 261 cm³/mol. The zero-order valence-electron chi connectivity index (χ0n) is 39.0. The molecule has 4 N–H and O–H groups in total. The maximum absolute atomic E-state index is 14.9. The summed E-state index contributed by atoms with van der Waals surface area (Å²) in [4.78, 5) is 22.1. The zero-order chi connectivity index (χ0) is 44.9. The zero-order valence-corrected chi connectivity index (χ0v) is 39.0. The standard InChI is InChI=1S/C54H69N7O3/c1-6-11-12-13-18-35-63-46-30-26-43(27-31-46)58-57-42-24-22-40(23-25-42)38-56-53(62)50(21-16-17-34-55)61-39-41-19-14-15-20-47(41)54(61)48-32-28-44(59(7-2)8-3)36-51(48)64-52-37-45(29-33-49(52)54)60(9-4)10-5/h14-15,19-20,22-33,36-37,50H,6-13,16-18,21,34-35,38-39,55H2,1-5H3,(H,56,62)/p+1/t50-/m0/s1. The summed E-state index contributed by atoms with van der Waals surface area (Å²) >= 11 is 0. The highest BCUT2D eigenvalue weighted by atomic mass is 16.5. The third-order valence-corrected chi connectivity index (χ3v) is 13.1. The van der Waals surface area contributed by atoms with Gasteiger partial charge in [0.05, 0.1) is 30.6 Å². The van der Waals surface area contributed by atoms with E-state index in [-0.39, 0.29) is 5.91 Å². The van der Waals surface area contributed by atoms with E-state index >= 15 is 0 Å². The molecule has 0 fully saturated rings. The van der Waals surface area contributed by atoms with Crippen LogP contribution in [0.5, 0.6) is 17.2 Å². The fraction of sp³-hybridized carbons (Fsp3) is 0.426. The van der Waals surface area contributed by atoms with Crippen molar-refractivity contribution in [2.24, 2.45) is 10.2 Å². The molecule has 0 saturated heterocycles. The molecular formula is C54H70N7O3+. The molecule has 1 spiro atoms. The highest BCUT2D eigenvalue weighted by molar-refractivity contribution is 5.83. The summed E-state index contributed by atoms with van der Waals surface area (Å²) in [6, 6.07) is 37.4. The molecule has 5 aromatic carbocycles. The van der Waals surface area contributed by atoms with Crippen molar-refractivity contribution in [2.75, 3.05) is 49.1 Å². The van der Waals surface area contributed by atoms with E-state index in [1.54, 1.807) is 0 Å². The molecule has 5 aromatic rings. The van der Waals surface area contributed by atoms with Gasteiger partial charge in [-0.25, -0.2) is 0 Å². The first-order chi connectivity index (χ1) is 31.4. The summed E-state index contributed by atoms with van der Waals surface area (Å²) in [6.07, 6.45) is 8.60. The smallest absolute Gasteiger partial charge is 0.237 e. The summed E-state index contributed by atoms with van der Waals surface area (Å²) in [5.41, 5.74) is 12.7. The van der Waals surface area contributed by atoms with Crippen molar-refractivity contribution < 1.29 is 20.0 Å². The second-order valence-electron chi connectivity index (χ2n) is 17.0. The summed E-state index contributed by atoms with van der Waals surface area (Å²) in [7, 11) is 0. The molecule has 0 unspecified atom stereocenters. The third kappa shape index (κ3) is 10.1. The molecule has 338 valence electrons. The van der Waals surface area contributed by atoms with Crippen molar-refractivity contribution in [2.45, 2.75) is 111 Å². The lowest BCUT2D eigenvalue weighted by Gasteiger charge is -2.47. The molecule has 2 aliphatic rings. The number of quaternary nitrogens is 1. The number of unbranched alkanes of at least 4 members (excludes halogenated alkanes) is 5. The Hall–Kier alpha value is -5.71. The van der Waals surface area contributed by atoms with Crippen LogP contribution >= 0.6 is 0 Å². The van der Waals surface area contributed by atoms with Crippen molar-refractivity contribution in [1.29, 1.82) is 0 Å². The number of ether oxygens (including phenoxy) is 2. The van der Waals surface area contributed by atoms with Crippen LogP contribution in [0.25, 0.3) is 0 Å². The third-order valence-electron chi connectivity index (χ3n) is 13.1. The van der Waals surface area contributed by atoms with Gasteiger partial charge < -0.3 is 30.3 Å². The van der Waals surface area contributed by atoms with Gasteiger partial charge in [-0.3, -0.25) is 9.69 Å². The van der Waals surface area contributed by atoms with Crippen molar-refractivity contribution in [3.63, 3.8) is 0 Å². The van der Waals surface area contributed by atoms with Crippen molar-refractivity contribution in [1.82, 2.24) is 10.2 Å². The van der Waals surface area contributed by atoms with E-state index in [1.807, 2.05) is 48.5 Å². The van der Waals surface area contributed by atoms with E-state index in [2.05, 4.69) is 131 Å². The van der Waals surface area contributed by atoms with E-state index in [4.69, 9.17) is 9.47 Å². The van der Waals surface area contributed by atoms with Crippen LogP contribution < -0.4 is 30.3 Å². The predicted octanol–water partition coefficient (Wildman–Crippen LogP) is 11.5. The largest absolute Gasteiger partial charge is 0.494 e. The molecule has 2 aliphatic heterocycles. The first kappa shape index (κ1) is 46.3. The van der Waals surface area contributed by atoms with Gasteiger partial charge in [0.2, 0.25) is 5.91 Å². The lowest BCUT2D eigenvalue weighted by molar-refractivity contribution is -0.368. The van der Waals surface area contributed by atoms with Gasteiger partial charge in [-0.15, -0.1) is 0 Å². The fourth-order valence-corrected chi connectivity index (χ4v) is 9.59. The monoisotopic (exact) mass is 865 g/mol. The molecule has 0 radical (unpaired) electrons. The molecule has 0 bridgehead atoms. The number of nitrogens with one attached hydrogen (secondary N) is 1. The number of nitrogens with zero attached hydrogens (tertiary/aromatic N) is 5. The van der Waals surface area contributed by atoms with Crippen LogP contribution in [-0.2, 0) is 23.4 Å². The van der Waals surface area contributed by atoms with Gasteiger partial charge in [0.1, 0.15) is 22.8 Å². The maximum Gasteiger partial charge on any atom is 0.237 e. The second-order valence-corrected chi connectivity index (χ2v) is 17.0. The van der Waals surface area contributed by atoms with Gasteiger partial charge in [-0.05, 0) is 119 Å². The number of rotatable bonds is 23. The molecular weight excluding hydrogens is 795 g/mol. The summed E-state index contributed by atoms with van der Waals surface area (Å²) in [6.45, 7) is 17.1. The van der Waals surface area contributed by atoms with Crippen LogP contribution in [0.1, 0.15) is 114 Å². The van der Waals surface area contributed by atoms with E-state index in [0.717, 1.165) is 115 Å². The average Bonchev–Trinajstić information content (AvgIpc) is 3.66. The average molecular weight is 865 g/mol. The first-order valence-electron chi connectivity index (χ1n) is 24.0. The van der Waals surface area contributed by atoms with Crippen molar-refractivity contribution >= 4 is 28.7 Å². The van der Waals surface area contributed by atoms with Gasteiger partial charge in [0, 0.05) is 73.9 Å². The molecule has 0 aromatic heterocycles. The van der Waals surface area contributed by atoms with Crippen molar-refractivity contribution in [3.8, 4) is 17.2 Å². The Balaban J connectivity index is 1.15. The molecule has 10 heteroatoms. The summed E-state index contributed by atoms with van der Waals surface area (Å²) in [5.74, 6) is 2.53. The van der Waals surface area contributed by atoms with Gasteiger partial charge in [0.25, 0.3) is 0 Å². The Morgan fingerprint density at radius 2 is 1.31 bits per heavy atom. The molecule has 1 amide bonds. The number of hydrogen-bond donors (Lipinski definition) is 2. The number of anilines is 2. The lowest BCUT2D eigenvalue weighted by Crippen LogP contribution is -2.55. The molecule has 0 aliphatic carbocycles. The van der Waals surface area contributed by atoms with Gasteiger partial charge in [-0.1, -0.05) is 81.1 Å². The van der Waals surface area contributed by atoms with Gasteiger partial charge in [-0.2, -0.15) is 10.2 Å². The lowest BCUT2D eigenvalue weighted by atomic mass is 9.74. The Morgan fingerprint density at radius 1 is 0.719 bits per heavy atom. The quantitative estimate of drug-likeness (QED) is 0.0500. The Labute approximate surface area is 381 Å². The van der Waals surface area contributed by atoms with Crippen LogP contribution in [-0.4, -0.2) is 56.2 Å². The second kappa shape index (κ2) is 22.3. The minimum absolute atomic E-state index is 0.0121. The first-order valence-corrected chi connectivity index (χ1v) is 24.0. The number of benzene rings is 5. The van der Waals surface area contributed by atoms with E-state index in [0.29, 0.717) is 19.5 Å². The van der Waals surface area contributed by atoms with Crippen LogP contribution in [0.3, 0.4) is 0 Å². The van der Waals surface area contributed by atoms with Crippen LogP contribution in [0.2, 0.25) is 0 Å². The van der Waals surface area contributed by atoms with Crippen LogP contribution in [0.15, 0.2) is 119 Å². The molecule has 1 atom stereocenters. The minimum atomic E-state index is -0.760. The highest BCUT2D eigenvalue weighted by Gasteiger charge is 2.56. The Morgan fingerprint density at radius 3 is 1.91 bits per heavy atom. The van der Waals surface area contributed by atoms with Crippen LogP contribution in [0.4, 0.5) is 22.7 Å². The number of carbonyl (C=O) groups is 1. The van der Waals surface area contributed by atoms with Crippen LogP contribution in [0, 0.1) is 0 Å². The topological polar surface area (TPSA) is 110 Å². The van der Waals surface area contributed by atoms with Gasteiger partial charge in [0.15, 0.2) is 0 Å². The molecule has 2 heterocycles.